The summed E-state index contributed by atoms with van der Waals surface area (Å²) in [5, 5.41) is 0. The van der Waals surface area contributed by atoms with Crippen LogP contribution in [0.4, 0.5) is 0 Å². The summed E-state index contributed by atoms with van der Waals surface area (Å²) in [5.74, 6) is 1.01. The fourth-order valence-electron chi connectivity index (χ4n) is 2.14. The summed E-state index contributed by atoms with van der Waals surface area (Å²) in [4.78, 5) is 21.0. The van der Waals surface area contributed by atoms with Crippen LogP contribution in [0.2, 0.25) is 0 Å². The quantitative estimate of drug-likeness (QED) is 0.829. The molecule has 110 valence electrons. The Labute approximate surface area is 125 Å². The topological polar surface area (TPSA) is 49.0 Å². The van der Waals surface area contributed by atoms with Gasteiger partial charge in [0.25, 0.3) is 0 Å². The van der Waals surface area contributed by atoms with Crippen molar-refractivity contribution in [2.24, 2.45) is 0 Å². The number of aromatic amines is 1. The number of imidazole rings is 1. The van der Waals surface area contributed by atoms with Crippen molar-refractivity contribution in [1.29, 1.82) is 0 Å². The first kappa shape index (κ1) is 15.0. The van der Waals surface area contributed by atoms with Gasteiger partial charge in [0.05, 0.1) is 0 Å². The maximum Gasteiger partial charge on any atom is 0.246 e. The average Bonchev–Trinajstić information content (AvgIpc) is 3.01. The van der Waals surface area contributed by atoms with E-state index in [4.69, 9.17) is 0 Å². The third-order valence-corrected chi connectivity index (χ3v) is 3.40. The molecular formula is C17H21N3O. The monoisotopic (exact) mass is 283 g/mol. The number of hydrogen-bond acceptors (Lipinski definition) is 2. The first-order valence-electron chi connectivity index (χ1n) is 7.27. The van der Waals surface area contributed by atoms with Gasteiger partial charge in [-0.1, -0.05) is 24.3 Å². The largest absolute Gasteiger partial charge is 0.348 e. The van der Waals surface area contributed by atoms with Crippen molar-refractivity contribution in [2.45, 2.75) is 20.3 Å². The van der Waals surface area contributed by atoms with E-state index in [1.807, 2.05) is 38.3 Å². The first-order chi connectivity index (χ1) is 10.2. The number of benzene rings is 1. The Morgan fingerprint density at radius 2 is 1.95 bits per heavy atom. The Bertz CT molecular complexity index is 581. The van der Waals surface area contributed by atoms with Crippen LogP contribution >= 0.6 is 0 Å². The number of amides is 1. The second kappa shape index (κ2) is 7.43. The highest BCUT2D eigenvalue weighted by Gasteiger charge is 2.04. The number of carbonyl (C=O) groups is 1. The van der Waals surface area contributed by atoms with Crippen LogP contribution < -0.4 is 0 Å². The molecule has 0 bridgehead atoms. The minimum Gasteiger partial charge on any atom is -0.348 e. The molecule has 4 heteroatoms. The number of nitrogens with one attached hydrogen (secondary N) is 1. The van der Waals surface area contributed by atoms with Gasteiger partial charge in [-0.2, -0.15) is 0 Å². The average molecular weight is 283 g/mol. The molecule has 0 atom stereocenters. The van der Waals surface area contributed by atoms with Crippen LogP contribution in [0.3, 0.4) is 0 Å². The highest BCUT2D eigenvalue weighted by molar-refractivity contribution is 5.91. The number of H-pyrrole nitrogens is 1. The van der Waals surface area contributed by atoms with Crippen molar-refractivity contribution in [1.82, 2.24) is 14.9 Å². The van der Waals surface area contributed by atoms with Gasteiger partial charge in [-0.25, -0.2) is 4.98 Å². The van der Waals surface area contributed by atoms with Crippen molar-refractivity contribution >= 4 is 12.0 Å². The number of likely N-dealkylation sites (N-methyl/N-ethyl adjacent to an activating group) is 1. The van der Waals surface area contributed by atoms with Gasteiger partial charge < -0.3 is 9.88 Å². The zero-order chi connectivity index (χ0) is 15.1. The molecule has 0 saturated carbocycles. The van der Waals surface area contributed by atoms with Crippen LogP contribution in [-0.4, -0.2) is 33.9 Å². The summed E-state index contributed by atoms with van der Waals surface area (Å²) in [6.07, 6.45) is 7.86. The highest BCUT2D eigenvalue weighted by atomic mass is 16.2. The number of hydrogen-bond donors (Lipinski definition) is 1. The third-order valence-electron chi connectivity index (χ3n) is 3.40. The summed E-state index contributed by atoms with van der Waals surface area (Å²) in [6, 6.07) is 8.16. The lowest BCUT2D eigenvalue weighted by Gasteiger charge is -2.15. The van der Waals surface area contributed by atoms with Gasteiger partial charge in [-0.15, -0.1) is 0 Å². The summed E-state index contributed by atoms with van der Waals surface area (Å²) in [7, 11) is 0. The van der Waals surface area contributed by atoms with E-state index in [1.165, 1.54) is 5.56 Å². The van der Waals surface area contributed by atoms with Gasteiger partial charge >= 0.3 is 0 Å². The van der Waals surface area contributed by atoms with Gasteiger partial charge in [-0.3, -0.25) is 4.79 Å². The van der Waals surface area contributed by atoms with Crippen LogP contribution in [0.25, 0.3) is 6.08 Å². The predicted molar refractivity (Wildman–Crippen MR) is 84.8 cm³/mol. The zero-order valence-electron chi connectivity index (χ0n) is 12.5. The molecule has 0 radical (unpaired) electrons. The van der Waals surface area contributed by atoms with Gasteiger partial charge in [0.2, 0.25) is 5.91 Å². The van der Waals surface area contributed by atoms with Crippen molar-refractivity contribution in [3.05, 3.63) is 59.7 Å². The minimum absolute atomic E-state index is 0.0552. The third kappa shape index (κ3) is 4.31. The van der Waals surface area contributed by atoms with E-state index < -0.39 is 0 Å². The van der Waals surface area contributed by atoms with Crippen LogP contribution in [0.1, 0.15) is 30.8 Å². The molecule has 0 aliphatic carbocycles. The van der Waals surface area contributed by atoms with Crippen molar-refractivity contribution < 1.29 is 4.79 Å². The highest BCUT2D eigenvalue weighted by Crippen LogP contribution is 2.09. The first-order valence-corrected chi connectivity index (χ1v) is 7.27. The lowest BCUT2D eigenvalue weighted by molar-refractivity contribution is -0.125. The fraction of sp³-hybridized carbons (Fsp3) is 0.294. The molecule has 1 amide bonds. The van der Waals surface area contributed by atoms with Gasteiger partial charge in [0, 0.05) is 38.0 Å². The second-order valence-corrected chi connectivity index (χ2v) is 4.80. The molecule has 2 aromatic rings. The molecule has 0 saturated heterocycles. The summed E-state index contributed by atoms with van der Waals surface area (Å²) < 4.78 is 0. The van der Waals surface area contributed by atoms with E-state index in [0.29, 0.717) is 0 Å². The normalized spacial score (nSPS) is 11.0. The number of nitrogens with zero attached hydrogens (tertiary/aromatic N) is 2. The fourth-order valence-corrected chi connectivity index (χ4v) is 2.14. The van der Waals surface area contributed by atoms with Crippen LogP contribution in [-0.2, 0) is 11.2 Å². The molecule has 1 aromatic heterocycles. The summed E-state index contributed by atoms with van der Waals surface area (Å²) in [5.41, 5.74) is 2.22. The standard InChI is InChI=1S/C17H21N3O/c1-3-20(4-2)17(21)10-9-14-5-7-15(8-6-14)13-16-18-11-12-19-16/h5-12H,3-4,13H2,1-2H3,(H,18,19). The van der Waals surface area contributed by atoms with Crippen molar-refractivity contribution in [2.75, 3.05) is 13.1 Å². The summed E-state index contributed by atoms with van der Waals surface area (Å²) in [6.45, 7) is 5.45. The molecule has 0 fully saturated rings. The number of carbonyl (C=O) groups excluding carboxylic acids is 1. The molecule has 4 nitrogen and oxygen atoms in total. The van der Waals surface area contributed by atoms with E-state index in [1.54, 1.807) is 17.2 Å². The van der Waals surface area contributed by atoms with E-state index in [2.05, 4.69) is 22.1 Å². The lowest BCUT2D eigenvalue weighted by atomic mass is 10.1. The van der Waals surface area contributed by atoms with Crippen LogP contribution in [0.15, 0.2) is 42.7 Å². The Kier molecular flexibility index (Phi) is 5.32. The molecule has 1 aromatic carbocycles. The maximum atomic E-state index is 11.9. The summed E-state index contributed by atoms with van der Waals surface area (Å²) >= 11 is 0. The van der Waals surface area contributed by atoms with Gasteiger partial charge in [-0.05, 0) is 31.1 Å². The van der Waals surface area contributed by atoms with E-state index >= 15 is 0 Å². The molecule has 21 heavy (non-hydrogen) atoms. The number of rotatable bonds is 6. The van der Waals surface area contributed by atoms with E-state index in [0.717, 1.165) is 30.9 Å². The Hall–Kier alpha value is -2.36. The van der Waals surface area contributed by atoms with Crippen LogP contribution in [0, 0.1) is 0 Å². The van der Waals surface area contributed by atoms with E-state index in [-0.39, 0.29) is 5.91 Å². The van der Waals surface area contributed by atoms with E-state index in [9.17, 15) is 4.79 Å². The minimum atomic E-state index is 0.0552. The lowest BCUT2D eigenvalue weighted by Crippen LogP contribution is -2.28. The zero-order valence-corrected chi connectivity index (χ0v) is 12.5. The van der Waals surface area contributed by atoms with Crippen molar-refractivity contribution in [3.63, 3.8) is 0 Å². The maximum absolute atomic E-state index is 11.9. The molecule has 1 heterocycles. The SMILES string of the molecule is CCN(CC)C(=O)C=Cc1ccc(Cc2ncc[nH]2)cc1. The van der Waals surface area contributed by atoms with Gasteiger partial charge in [0.1, 0.15) is 5.82 Å². The smallest absolute Gasteiger partial charge is 0.246 e. The molecular weight excluding hydrogens is 262 g/mol. The molecule has 2 rings (SSSR count). The van der Waals surface area contributed by atoms with Crippen molar-refractivity contribution in [3.8, 4) is 0 Å². The Balaban J connectivity index is 1.97. The molecule has 0 spiro atoms. The molecule has 0 unspecified atom stereocenters. The predicted octanol–water partition coefficient (Wildman–Crippen LogP) is 2.88. The molecule has 0 aliphatic heterocycles. The number of aromatic nitrogens is 2. The van der Waals surface area contributed by atoms with Crippen LogP contribution in [0.5, 0.6) is 0 Å². The Morgan fingerprint density at radius 3 is 2.52 bits per heavy atom. The molecule has 0 aliphatic rings. The second-order valence-electron chi connectivity index (χ2n) is 4.80. The molecule has 1 N–H and O–H groups in total. The van der Waals surface area contributed by atoms with Gasteiger partial charge in [0.15, 0.2) is 0 Å². The Morgan fingerprint density at radius 1 is 1.24 bits per heavy atom.